The van der Waals surface area contributed by atoms with Crippen LogP contribution in [0.1, 0.15) is 17.2 Å². The molecule has 2 aromatic rings. The van der Waals surface area contributed by atoms with Crippen molar-refractivity contribution in [2.45, 2.75) is 11.9 Å². The maximum atomic E-state index is 13.4. The van der Waals surface area contributed by atoms with Crippen LogP contribution >= 0.6 is 0 Å². The van der Waals surface area contributed by atoms with Gasteiger partial charge in [-0.15, -0.1) is 0 Å². The van der Waals surface area contributed by atoms with Crippen LogP contribution in [0.25, 0.3) is 5.70 Å². The molecule has 2 atom stereocenters. The van der Waals surface area contributed by atoms with E-state index in [0.717, 1.165) is 11.3 Å². The third kappa shape index (κ3) is 4.31. The van der Waals surface area contributed by atoms with Crippen molar-refractivity contribution in [3.63, 3.8) is 0 Å². The molecule has 0 radical (unpaired) electrons. The average Bonchev–Trinajstić information content (AvgIpc) is 2.73. The molecular weight excluding hydrogens is 368 g/mol. The summed E-state index contributed by atoms with van der Waals surface area (Å²) in [6.45, 7) is 0.0550. The van der Waals surface area contributed by atoms with E-state index in [-0.39, 0.29) is 18.2 Å². The lowest BCUT2D eigenvalue weighted by Crippen LogP contribution is -2.64. The smallest absolute Gasteiger partial charge is 0.287 e. The summed E-state index contributed by atoms with van der Waals surface area (Å²) in [6.07, 6.45) is 2.51. The number of benzene rings is 2. The van der Waals surface area contributed by atoms with Gasteiger partial charge in [0, 0.05) is 19.0 Å². The van der Waals surface area contributed by atoms with Gasteiger partial charge in [0.15, 0.2) is 0 Å². The van der Waals surface area contributed by atoms with Gasteiger partial charge in [-0.3, -0.25) is 9.69 Å². The van der Waals surface area contributed by atoms with E-state index in [0.29, 0.717) is 5.56 Å². The number of hydrogen-bond donors (Lipinski definition) is 3. The molecule has 7 nitrogen and oxygen atoms in total. The van der Waals surface area contributed by atoms with Crippen molar-refractivity contribution in [1.82, 2.24) is 15.1 Å². The summed E-state index contributed by atoms with van der Waals surface area (Å²) in [7, 11) is 5.17. The van der Waals surface area contributed by atoms with Crippen LogP contribution in [-0.2, 0) is 4.79 Å². The van der Waals surface area contributed by atoms with Gasteiger partial charge in [-0.05, 0) is 43.4 Å². The number of aliphatic hydroxyl groups is 1. The van der Waals surface area contributed by atoms with Crippen LogP contribution in [-0.4, -0.2) is 65.6 Å². The van der Waals surface area contributed by atoms with Crippen LogP contribution < -0.4 is 5.32 Å². The number of rotatable bonds is 6. The van der Waals surface area contributed by atoms with Crippen molar-refractivity contribution >= 4 is 17.8 Å². The first-order valence-corrected chi connectivity index (χ1v) is 9.32. The number of likely N-dealkylation sites (N-methyl/N-ethyl adjacent to an activating group) is 2. The zero-order valence-electron chi connectivity index (χ0n) is 16.8. The largest absolute Gasteiger partial charge is 0.508 e. The molecule has 1 aliphatic heterocycles. The number of aliphatic hydroxyl groups excluding tert-OH is 1. The Morgan fingerprint density at radius 3 is 2.52 bits per heavy atom. The lowest BCUT2D eigenvalue weighted by Gasteiger charge is -2.40. The van der Waals surface area contributed by atoms with Gasteiger partial charge in [-0.25, -0.2) is 4.99 Å². The number of nitrogens with one attached hydrogen (secondary N) is 1. The second-order valence-electron chi connectivity index (χ2n) is 7.21. The molecule has 152 valence electrons. The Labute approximate surface area is 170 Å². The fourth-order valence-electron chi connectivity index (χ4n) is 3.24. The highest BCUT2D eigenvalue weighted by Crippen LogP contribution is 2.25. The van der Waals surface area contributed by atoms with E-state index in [4.69, 9.17) is 0 Å². The zero-order chi connectivity index (χ0) is 21.0. The Bertz CT molecular complexity index is 927. The van der Waals surface area contributed by atoms with Gasteiger partial charge in [0.05, 0.1) is 12.6 Å². The highest BCUT2D eigenvalue weighted by Gasteiger charge is 2.44. The van der Waals surface area contributed by atoms with Gasteiger partial charge in [-0.1, -0.05) is 42.5 Å². The Morgan fingerprint density at radius 1 is 1.14 bits per heavy atom. The van der Waals surface area contributed by atoms with E-state index in [1.54, 1.807) is 44.4 Å². The molecule has 0 aliphatic carbocycles. The van der Waals surface area contributed by atoms with E-state index in [2.05, 4.69) is 10.3 Å². The fourth-order valence-corrected chi connectivity index (χ4v) is 3.24. The third-order valence-electron chi connectivity index (χ3n) is 4.89. The standard InChI is InChI=1S/C22H26N4O3/c1-25(2)22(23-13-12-19(24-22)16-8-5-4-6-9-16)21(29)26(3)15-20(28)17-10-7-11-18(27)14-17/h4-14,20,24,27-28H,15H2,1-3H3. The second-order valence-corrected chi connectivity index (χ2v) is 7.21. The summed E-state index contributed by atoms with van der Waals surface area (Å²) >= 11 is 0. The molecule has 3 N–H and O–H groups in total. The topological polar surface area (TPSA) is 88.4 Å². The van der Waals surface area contributed by atoms with Gasteiger partial charge in [0.2, 0.25) is 0 Å². The highest BCUT2D eigenvalue weighted by molar-refractivity contribution is 5.95. The number of allylic oxidation sites excluding steroid dienone is 1. The van der Waals surface area contributed by atoms with Gasteiger partial charge in [-0.2, -0.15) is 0 Å². The Hall–Kier alpha value is -3.16. The van der Waals surface area contributed by atoms with E-state index in [1.165, 1.54) is 17.0 Å². The number of phenols is 1. The number of aliphatic imine (C=N–C) groups is 1. The Morgan fingerprint density at radius 2 is 1.86 bits per heavy atom. The van der Waals surface area contributed by atoms with Crippen LogP contribution in [0.15, 0.2) is 65.7 Å². The van der Waals surface area contributed by atoms with Crippen LogP contribution in [0.3, 0.4) is 0 Å². The first-order valence-electron chi connectivity index (χ1n) is 9.32. The molecule has 0 bridgehead atoms. The summed E-state index contributed by atoms with van der Waals surface area (Å²) in [5, 5.41) is 23.4. The maximum Gasteiger partial charge on any atom is 0.287 e. The van der Waals surface area contributed by atoms with Crippen LogP contribution in [0, 0.1) is 0 Å². The quantitative estimate of drug-likeness (QED) is 0.696. The molecular formula is C22H26N4O3. The van der Waals surface area contributed by atoms with E-state index in [1.807, 2.05) is 36.4 Å². The van der Waals surface area contributed by atoms with Crippen molar-refractivity contribution in [2.75, 3.05) is 27.7 Å². The van der Waals surface area contributed by atoms with Crippen LogP contribution in [0.5, 0.6) is 5.75 Å². The predicted molar refractivity (Wildman–Crippen MR) is 113 cm³/mol. The van der Waals surface area contributed by atoms with Crippen molar-refractivity contribution in [1.29, 1.82) is 0 Å². The van der Waals surface area contributed by atoms with Crippen LogP contribution in [0.2, 0.25) is 0 Å². The second kappa shape index (κ2) is 8.46. The van der Waals surface area contributed by atoms with Crippen molar-refractivity contribution in [2.24, 2.45) is 4.99 Å². The first-order chi connectivity index (χ1) is 13.8. The number of carbonyl (C=O) groups excluding carboxylic acids is 1. The minimum Gasteiger partial charge on any atom is -0.508 e. The molecule has 0 spiro atoms. The highest BCUT2D eigenvalue weighted by atomic mass is 16.3. The Kier molecular flexibility index (Phi) is 6.00. The van der Waals surface area contributed by atoms with E-state index >= 15 is 0 Å². The number of nitrogens with zero attached hydrogens (tertiary/aromatic N) is 3. The fraction of sp³-hybridized carbons (Fsp3) is 0.273. The summed E-state index contributed by atoms with van der Waals surface area (Å²) in [6, 6.07) is 16.1. The van der Waals surface area contributed by atoms with Crippen molar-refractivity contribution in [3.05, 3.63) is 71.8 Å². The molecule has 1 amide bonds. The van der Waals surface area contributed by atoms with Crippen molar-refractivity contribution < 1.29 is 15.0 Å². The molecule has 2 aromatic carbocycles. The molecule has 0 aromatic heterocycles. The van der Waals surface area contributed by atoms with Gasteiger partial charge in [0.25, 0.3) is 11.7 Å². The zero-order valence-corrected chi connectivity index (χ0v) is 16.8. The maximum absolute atomic E-state index is 13.4. The summed E-state index contributed by atoms with van der Waals surface area (Å²) in [4.78, 5) is 21.0. The third-order valence-corrected chi connectivity index (χ3v) is 4.89. The van der Waals surface area contributed by atoms with Gasteiger partial charge in [0.1, 0.15) is 5.75 Å². The number of amides is 1. The lowest BCUT2D eigenvalue weighted by atomic mass is 10.1. The van der Waals surface area contributed by atoms with Gasteiger partial charge >= 0.3 is 0 Å². The summed E-state index contributed by atoms with van der Waals surface area (Å²) in [5.74, 6) is -1.57. The molecule has 7 heteroatoms. The molecule has 3 rings (SSSR count). The lowest BCUT2D eigenvalue weighted by molar-refractivity contribution is -0.144. The summed E-state index contributed by atoms with van der Waals surface area (Å²) in [5.41, 5.74) is 2.26. The van der Waals surface area contributed by atoms with Gasteiger partial charge < -0.3 is 20.4 Å². The van der Waals surface area contributed by atoms with Crippen molar-refractivity contribution in [3.8, 4) is 5.75 Å². The minimum absolute atomic E-state index is 0.0550. The monoisotopic (exact) mass is 394 g/mol. The minimum atomic E-state index is -1.33. The molecule has 0 fully saturated rings. The number of aromatic hydroxyl groups is 1. The molecule has 29 heavy (non-hydrogen) atoms. The van der Waals surface area contributed by atoms with E-state index < -0.39 is 11.9 Å². The molecule has 2 unspecified atom stereocenters. The predicted octanol–water partition coefficient (Wildman–Crippen LogP) is 1.81. The summed E-state index contributed by atoms with van der Waals surface area (Å²) < 4.78 is 0. The number of phenolic OH excluding ortho intramolecular Hbond substituents is 1. The molecule has 1 aliphatic rings. The average molecular weight is 394 g/mol. The normalized spacial score (nSPS) is 19.4. The molecule has 1 heterocycles. The van der Waals surface area contributed by atoms with E-state index in [9.17, 15) is 15.0 Å². The van der Waals surface area contributed by atoms with Crippen LogP contribution in [0.4, 0.5) is 0 Å². The number of hydrogen-bond acceptors (Lipinski definition) is 6. The Balaban J connectivity index is 1.81. The first kappa shape index (κ1) is 20.6. The molecule has 0 saturated heterocycles. The SMILES string of the molecule is CN(CC(O)c1cccc(O)c1)C(=O)C1(N(C)C)N=CC=C(c2ccccc2)N1. The number of carbonyl (C=O) groups is 1. The molecule has 0 saturated carbocycles.